The van der Waals surface area contributed by atoms with Gasteiger partial charge < -0.3 is 11.1 Å². The quantitative estimate of drug-likeness (QED) is 0.575. The van der Waals surface area contributed by atoms with Gasteiger partial charge in [-0.1, -0.05) is 12.1 Å². The van der Waals surface area contributed by atoms with E-state index in [1.807, 2.05) is 0 Å². The van der Waals surface area contributed by atoms with Gasteiger partial charge in [0, 0.05) is 29.6 Å². The summed E-state index contributed by atoms with van der Waals surface area (Å²) in [5.74, 6) is -0.789. The van der Waals surface area contributed by atoms with Crippen molar-refractivity contribution in [2.45, 2.75) is 38.0 Å². The van der Waals surface area contributed by atoms with Gasteiger partial charge in [0.05, 0.1) is 16.8 Å². The lowest BCUT2D eigenvalue weighted by Gasteiger charge is -2.16. The number of amides is 1. The summed E-state index contributed by atoms with van der Waals surface area (Å²) < 4.78 is 55.2. The van der Waals surface area contributed by atoms with E-state index in [0.29, 0.717) is 41.8 Å². The highest BCUT2D eigenvalue weighted by atomic mass is 32.1. The number of hydrogen-bond donors (Lipinski definition) is 2. The fraction of sp³-hybridized carbons (Fsp3) is 0.333. The third-order valence-corrected chi connectivity index (χ3v) is 6.39. The molecule has 5 nitrogen and oxygen atoms in total. The van der Waals surface area contributed by atoms with Crippen LogP contribution in [0.4, 0.5) is 17.6 Å². The minimum atomic E-state index is -4.53. The van der Waals surface area contributed by atoms with Crippen molar-refractivity contribution in [3.8, 4) is 11.3 Å². The fourth-order valence-corrected chi connectivity index (χ4v) is 4.87. The monoisotopic (exact) mass is 452 g/mol. The number of nitrogens with zero attached hydrogens (tertiary/aromatic N) is 2. The first-order chi connectivity index (χ1) is 14.8. The second-order valence-electron chi connectivity index (χ2n) is 7.42. The minimum absolute atomic E-state index is 0.00503. The maximum absolute atomic E-state index is 13.5. The van der Waals surface area contributed by atoms with Crippen LogP contribution >= 0.6 is 11.3 Å². The molecule has 0 aliphatic carbocycles. The first-order valence-corrected chi connectivity index (χ1v) is 10.6. The van der Waals surface area contributed by atoms with E-state index in [2.05, 4.69) is 10.4 Å². The van der Waals surface area contributed by atoms with Crippen molar-refractivity contribution in [2.24, 2.45) is 5.73 Å². The Bertz CT molecular complexity index is 1110. The van der Waals surface area contributed by atoms with E-state index in [1.54, 1.807) is 12.1 Å². The SMILES string of the molecule is NC[C@H](Cc1cccc(F)c1)NC(=O)c1cc2c(s1)CCCn1ncc(C(F)(F)F)c1-2. The molecular weight excluding hydrogens is 432 g/mol. The van der Waals surface area contributed by atoms with Crippen LogP contribution in [-0.4, -0.2) is 28.3 Å². The van der Waals surface area contributed by atoms with Gasteiger partial charge in [0.1, 0.15) is 11.4 Å². The van der Waals surface area contributed by atoms with E-state index < -0.39 is 23.7 Å². The standard InChI is InChI=1S/C21H20F4N4OS/c22-13-4-1-3-12(7-13)8-14(10-26)28-20(30)18-9-15-17(31-18)5-2-6-29-19(15)16(11-27-29)21(23,24)25/h1,3-4,7,9,11,14H,2,5-6,8,10,26H2,(H,28,30)/t14-/m0/s1. The van der Waals surface area contributed by atoms with Gasteiger partial charge in [0.25, 0.3) is 5.91 Å². The molecule has 2 aromatic heterocycles. The largest absolute Gasteiger partial charge is 0.420 e. The number of fused-ring (bicyclic) bond motifs is 3. The molecule has 1 atom stereocenters. The molecule has 31 heavy (non-hydrogen) atoms. The number of aryl methyl sites for hydroxylation is 2. The number of benzene rings is 1. The number of halogens is 4. The second-order valence-corrected chi connectivity index (χ2v) is 8.56. The van der Waals surface area contributed by atoms with Gasteiger partial charge in [0.2, 0.25) is 0 Å². The molecule has 1 aromatic carbocycles. The molecule has 4 rings (SSSR count). The first-order valence-electron chi connectivity index (χ1n) is 9.77. The van der Waals surface area contributed by atoms with Gasteiger partial charge >= 0.3 is 6.18 Å². The summed E-state index contributed by atoms with van der Waals surface area (Å²) in [5.41, 5.74) is 6.07. The Kier molecular flexibility index (Phi) is 5.85. The number of aromatic nitrogens is 2. The Morgan fingerprint density at radius 3 is 2.84 bits per heavy atom. The fourth-order valence-electron chi connectivity index (χ4n) is 3.76. The lowest BCUT2D eigenvalue weighted by Crippen LogP contribution is -2.41. The molecule has 1 aliphatic rings. The number of rotatable bonds is 5. The molecule has 0 spiro atoms. The van der Waals surface area contributed by atoms with Crippen molar-refractivity contribution < 1.29 is 22.4 Å². The molecule has 1 amide bonds. The van der Waals surface area contributed by atoms with Crippen molar-refractivity contribution in [1.82, 2.24) is 15.1 Å². The summed E-state index contributed by atoms with van der Waals surface area (Å²) in [6, 6.07) is 7.09. The van der Waals surface area contributed by atoms with Crippen LogP contribution in [0.5, 0.6) is 0 Å². The number of nitrogens with one attached hydrogen (secondary N) is 1. The summed E-state index contributed by atoms with van der Waals surface area (Å²) >= 11 is 1.18. The predicted molar refractivity (Wildman–Crippen MR) is 109 cm³/mol. The lowest BCUT2D eigenvalue weighted by atomic mass is 10.1. The Labute approximate surface area is 179 Å². The average molecular weight is 452 g/mol. The number of nitrogens with two attached hydrogens (primary N) is 1. The van der Waals surface area contributed by atoms with E-state index in [0.717, 1.165) is 11.1 Å². The van der Waals surface area contributed by atoms with Crippen LogP contribution in [0.1, 0.15) is 32.1 Å². The summed E-state index contributed by atoms with van der Waals surface area (Å²) in [5, 5.41) is 6.72. The van der Waals surface area contributed by atoms with Crippen LogP contribution in [0.3, 0.4) is 0 Å². The molecule has 0 saturated heterocycles. The van der Waals surface area contributed by atoms with Gasteiger partial charge in [0.15, 0.2) is 0 Å². The molecule has 3 N–H and O–H groups in total. The Morgan fingerprint density at radius 1 is 1.32 bits per heavy atom. The smallest absolute Gasteiger partial charge is 0.347 e. The van der Waals surface area contributed by atoms with Crippen molar-refractivity contribution in [1.29, 1.82) is 0 Å². The lowest BCUT2D eigenvalue weighted by molar-refractivity contribution is -0.137. The summed E-state index contributed by atoms with van der Waals surface area (Å²) in [6.45, 7) is 0.523. The Balaban J connectivity index is 1.59. The second kappa shape index (κ2) is 8.43. The topological polar surface area (TPSA) is 72.9 Å². The highest BCUT2D eigenvalue weighted by Gasteiger charge is 2.38. The zero-order valence-electron chi connectivity index (χ0n) is 16.4. The molecule has 3 aromatic rings. The van der Waals surface area contributed by atoms with Crippen LogP contribution in [0.25, 0.3) is 11.3 Å². The van der Waals surface area contributed by atoms with Crippen molar-refractivity contribution in [2.75, 3.05) is 6.54 Å². The van der Waals surface area contributed by atoms with Gasteiger partial charge in [-0.25, -0.2) is 4.39 Å². The average Bonchev–Trinajstić information content (AvgIpc) is 3.28. The Hall–Kier alpha value is -2.72. The van der Waals surface area contributed by atoms with E-state index >= 15 is 0 Å². The van der Waals surface area contributed by atoms with E-state index in [4.69, 9.17) is 5.73 Å². The number of carbonyl (C=O) groups is 1. The zero-order chi connectivity index (χ0) is 22.2. The van der Waals surface area contributed by atoms with Gasteiger partial charge in [-0.2, -0.15) is 18.3 Å². The van der Waals surface area contributed by atoms with Crippen LogP contribution in [-0.2, 0) is 25.6 Å². The molecule has 3 heterocycles. The summed E-state index contributed by atoms with van der Waals surface area (Å²) in [7, 11) is 0. The third-order valence-electron chi connectivity index (χ3n) is 5.20. The molecule has 0 saturated carbocycles. The predicted octanol–water partition coefficient (Wildman–Crippen LogP) is 4.02. The van der Waals surface area contributed by atoms with Crippen molar-refractivity contribution in [3.05, 3.63) is 63.2 Å². The normalized spacial score (nSPS) is 14.5. The maximum atomic E-state index is 13.5. The highest BCUT2D eigenvalue weighted by Crippen LogP contribution is 2.42. The number of alkyl halides is 3. The maximum Gasteiger partial charge on any atom is 0.420 e. The van der Waals surface area contributed by atoms with Crippen LogP contribution < -0.4 is 11.1 Å². The first kappa shape index (κ1) is 21.5. The summed E-state index contributed by atoms with van der Waals surface area (Å²) in [6.07, 6.45) is -2.15. The zero-order valence-corrected chi connectivity index (χ0v) is 17.2. The molecule has 0 unspecified atom stereocenters. The highest BCUT2D eigenvalue weighted by molar-refractivity contribution is 7.14. The number of thiophene rings is 1. The van der Waals surface area contributed by atoms with Crippen molar-refractivity contribution >= 4 is 17.2 Å². The van der Waals surface area contributed by atoms with Crippen LogP contribution in [0, 0.1) is 5.82 Å². The molecule has 0 radical (unpaired) electrons. The van der Waals surface area contributed by atoms with Crippen molar-refractivity contribution in [3.63, 3.8) is 0 Å². The van der Waals surface area contributed by atoms with Gasteiger partial charge in [-0.05, 0) is 43.0 Å². The molecule has 1 aliphatic heterocycles. The molecule has 10 heteroatoms. The van der Waals surface area contributed by atoms with E-state index in [-0.39, 0.29) is 18.1 Å². The van der Waals surface area contributed by atoms with E-state index in [9.17, 15) is 22.4 Å². The van der Waals surface area contributed by atoms with E-state index in [1.165, 1.54) is 34.2 Å². The molecule has 0 fully saturated rings. The number of carbonyl (C=O) groups excluding carboxylic acids is 1. The summed E-state index contributed by atoms with van der Waals surface area (Å²) in [4.78, 5) is 13.9. The van der Waals surface area contributed by atoms with Gasteiger partial charge in [-0.15, -0.1) is 11.3 Å². The minimum Gasteiger partial charge on any atom is -0.347 e. The molecular formula is C21H20F4N4OS. The van der Waals surface area contributed by atoms with Crippen LogP contribution in [0.2, 0.25) is 0 Å². The third kappa shape index (κ3) is 4.49. The molecule has 0 bridgehead atoms. The number of hydrogen-bond acceptors (Lipinski definition) is 4. The van der Waals surface area contributed by atoms with Crippen LogP contribution in [0.15, 0.2) is 36.5 Å². The van der Waals surface area contributed by atoms with Gasteiger partial charge in [-0.3, -0.25) is 9.48 Å². The Morgan fingerprint density at radius 2 is 2.13 bits per heavy atom. The molecule has 164 valence electrons.